The van der Waals surface area contributed by atoms with Gasteiger partial charge in [-0.2, -0.15) is 0 Å². The summed E-state index contributed by atoms with van der Waals surface area (Å²) < 4.78 is 13.9. The van der Waals surface area contributed by atoms with E-state index >= 15 is 0 Å². The molecule has 1 aromatic carbocycles. The molecule has 2 N–H and O–H groups in total. The minimum absolute atomic E-state index is 0.0293. The van der Waals surface area contributed by atoms with Crippen molar-refractivity contribution in [3.05, 3.63) is 72.6 Å². The Hall–Kier alpha value is -3.55. The van der Waals surface area contributed by atoms with Crippen molar-refractivity contribution in [2.75, 3.05) is 23.7 Å². The summed E-state index contributed by atoms with van der Waals surface area (Å²) in [5.41, 5.74) is 1.25. The van der Waals surface area contributed by atoms with Crippen molar-refractivity contribution in [2.45, 2.75) is 31.7 Å². The number of halogens is 1. The number of hydrogen-bond acceptors (Lipinski definition) is 6. The number of carbonyl (C=O) groups is 1. The van der Waals surface area contributed by atoms with Crippen LogP contribution in [0.3, 0.4) is 0 Å². The van der Waals surface area contributed by atoms with E-state index in [1.165, 1.54) is 6.07 Å². The summed E-state index contributed by atoms with van der Waals surface area (Å²) in [4.78, 5) is 27.9. The zero-order valence-corrected chi connectivity index (χ0v) is 17.3. The Balaban J connectivity index is 1.33. The minimum atomic E-state index is -0.501. The van der Waals surface area contributed by atoms with E-state index in [0.29, 0.717) is 30.4 Å². The Bertz CT molecular complexity index is 1020. The highest BCUT2D eigenvalue weighted by molar-refractivity contribution is 5.84. The van der Waals surface area contributed by atoms with Gasteiger partial charge in [-0.05, 0) is 44.0 Å². The number of para-hydroxylation sites is 1. The van der Waals surface area contributed by atoms with Crippen LogP contribution in [0.25, 0.3) is 0 Å². The maximum atomic E-state index is 13.9. The Morgan fingerprint density at radius 3 is 2.61 bits per heavy atom. The molecule has 1 atom stereocenters. The van der Waals surface area contributed by atoms with Gasteiger partial charge in [-0.25, -0.2) is 14.4 Å². The van der Waals surface area contributed by atoms with E-state index < -0.39 is 6.04 Å². The first-order valence-corrected chi connectivity index (χ1v) is 10.4. The molecule has 1 fully saturated rings. The lowest BCUT2D eigenvalue weighted by Crippen LogP contribution is -2.45. The van der Waals surface area contributed by atoms with E-state index in [9.17, 15) is 9.18 Å². The maximum Gasteiger partial charge on any atom is 0.244 e. The van der Waals surface area contributed by atoms with Crippen molar-refractivity contribution < 1.29 is 9.18 Å². The number of nitrogens with zero attached hydrogens (tertiary/aromatic N) is 4. The molecule has 4 rings (SSSR count). The zero-order chi connectivity index (χ0) is 21.6. The topological polar surface area (TPSA) is 83.0 Å². The van der Waals surface area contributed by atoms with Gasteiger partial charge in [-0.1, -0.05) is 18.2 Å². The molecule has 3 heterocycles. The van der Waals surface area contributed by atoms with Gasteiger partial charge in [0.05, 0.1) is 17.6 Å². The fourth-order valence-corrected chi connectivity index (χ4v) is 3.75. The van der Waals surface area contributed by atoms with Gasteiger partial charge in [-0.15, -0.1) is 0 Å². The summed E-state index contributed by atoms with van der Waals surface area (Å²) in [5.74, 6) is 1.21. The summed E-state index contributed by atoms with van der Waals surface area (Å²) >= 11 is 0. The molecule has 0 bridgehead atoms. The molecule has 7 nitrogen and oxygen atoms in total. The SMILES string of the molecule is C[C@@H](Nc1ccccc1F)C(=O)N1CCC(c2cncc(Nc3ccccn3)n2)CC1. The van der Waals surface area contributed by atoms with E-state index in [4.69, 9.17) is 4.98 Å². The lowest BCUT2D eigenvalue weighted by molar-refractivity contribution is -0.132. The number of pyridine rings is 1. The Morgan fingerprint density at radius 2 is 1.87 bits per heavy atom. The van der Waals surface area contributed by atoms with Crippen LogP contribution in [0, 0.1) is 5.82 Å². The first-order chi connectivity index (χ1) is 15.1. The van der Waals surface area contributed by atoms with E-state index in [0.717, 1.165) is 18.5 Å². The molecular weight excluding hydrogens is 395 g/mol. The summed E-state index contributed by atoms with van der Waals surface area (Å²) in [5, 5.41) is 6.14. The van der Waals surface area contributed by atoms with E-state index in [1.807, 2.05) is 23.1 Å². The van der Waals surface area contributed by atoms with Crippen LogP contribution in [-0.4, -0.2) is 44.9 Å². The van der Waals surface area contributed by atoms with Crippen LogP contribution in [0.15, 0.2) is 61.1 Å². The molecule has 0 unspecified atom stereocenters. The molecular formula is C23H25FN6O. The molecule has 1 amide bonds. The predicted molar refractivity (Wildman–Crippen MR) is 118 cm³/mol. The predicted octanol–water partition coefficient (Wildman–Crippen LogP) is 3.96. The van der Waals surface area contributed by atoms with Gasteiger partial charge in [0.15, 0.2) is 0 Å². The molecule has 1 aliphatic heterocycles. The van der Waals surface area contributed by atoms with Crippen LogP contribution in [0.1, 0.15) is 31.4 Å². The summed E-state index contributed by atoms with van der Waals surface area (Å²) in [6.45, 7) is 3.03. The first-order valence-electron chi connectivity index (χ1n) is 10.4. The number of piperidine rings is 1. The van der Waals surface area contributed by atoms with Crippen LogP contribution in [0.5, 0.6) is 0 Å². The van der Waals surface area contributed by atoms with E-state index in [-0.39, 0.29) is 17.6 Å². The molecule has 8 heteroatoms. The van der Waals surface area contributed by atoms with Crippen LogP contribution in [0.2, 0.25) is 0 Å². The normalized spacial score (nSPS) is 15.4. The second-order valence-electron chi connectivity index (χ2n) is 7.61. The van der Waals surface area contributed by atoms with Crippen LogP contribution >= 0.6 is 0 Å². The molecule has 1 saturated heterocycles. The molecule has 2 aromatic heterocycles. The second kappa shape index (κ2) is 9.51. The lowest BCUT2D eigenvalue weighted by atomic mass is 9.93. The smallest absolute Gasteiger partial charge is 0.244 e. The molecule has 0 aliphatic carbocycles. The molecule has 3 aromatic rings. The third kappa shape index (κ3) is 5.14. The maximum absolute atomic E-state index is 13.9. The number of rotatable bonds is 6. The number of benzene rings is 1. The quantitative estimate of drug-likeness (QED) is 0.628. The Morgan fingerprint density at radius 1 is 1.10 bits per heavy atom. The van der Waals surface area contributed by atoms with Crippen LogP contribution < -0.4 is 10.6 Å². The number of aromatic nitrogens is 3. The first kappa shape index (κ1) is 20.7. The molecule has 0 saturated carbocycles. The highest BCUT2D eigenvalue weighted by atomic mass is 19.1. The van der Waals surface area contributed by atoms with Crippen molar-refractivity contribution in [2.24, 2.45) is 0 Å². The Labute approximate surface area is 180 Å². The van der Waals surface area contributed by atoms with Crippen LogP contribution in [0.4, 0.5) is 21.7 Å². The van der Waals surface area contributed by atoms with Crippen molar-refractivity contribution >= 4 is 23.2 Å². The monoisotopic (exact) mass is 420 g/mol. The van der Waals surface area contributed by atoms with Gasteiger partial charge in [0.1, 0.15) is 23.5 Å². The average Bonchev–Trinajstić information content (AvgIpc) is 2.81. The van der Waals surface area contributed by atoms with Crippen molar-refractivity contribution in [3.8, 4) is 0 Å². The number of carbonyl (C=O) groups excluding carboxylic acids is 1. The molecule has 0 radical (unpaired) electrons. The fourth-order valence-electron chi connectivity index (χ4n) is 3.75. The molecule has 1 aliphatic rings. The number of nitrogens with one attached hydrogen (secondary N) is 2. The number of amides is 1. The fraction of sp³-hybridized carbons (Fsp3) is 0.304. The lowest BCUT2D eigenvalue weighted by Gasteiger charge is -2.33. The molecule has 31 heavy (non-hydrogen) atoms. The molecule has 0 spiro atoms. The van der Waals surface area contributed by atoms with E-state index in [2.05, 4.69) is 20.6 Å². The molecule has 160 valence electrons. The highest BCUT2D eigenvalue weighted by Crippen LogP contribution is 2.28. The van der Waals surface area contributed by atoms with Gasteiger partial charge >= 0.3 is 0 Å². The van der Waals surface area contributed by atoms with Gasteiger partial charge in [0.25, 0.3) is 0 Å². The van der Waals surface area contributed by atoms with E-state index in [1.54, 1.807) is 43.7 Å². The summed E-state index contributed by atoms with van der Waals surface area (Å²) in [6.07, 6.45) is 6.79. The van der Waals surface area contributed by atoms with Gasteiger partial charge < -0.3 is 15.5 Å². The third-order valence-corrected chi connectivity index (χ3v) is 5.42. The largest absolute Gasteiger partial charge is 0.372 e. The zero-order valence-electron chi connectivity index (χ0n) is 17.3. The van der Waals surface area contributed by atoms with Crippen molar-refractivity contribution in [1.82, 2.24) is 19.9 Å². The summed E-state index contributed by atoms with van der Waals surface area (Å²) in [7, 11) is 0. The van der Waals surface area contributed by atoms with Crippen molar-refractivity contribution in [1.29, 1.82) is 0 Å². The van der Waals surface area contributed by atoms with Gasteiger partial charge in [0.2, 0.25) is 5.91 Å². The average molecular weight is 420 g/mol. The number of likely N-dealkylation sites (tertiary alicyclic amines) is 1. The minimum Gasteiger partial charge on any atom is -0.372 e. The van der Waals surface area contributed by atoms with Crippen molar-refractivity contribution in [3.63, 3.8) is 0 Å². The second-order valence-corrected chi connectivity index (χ2v) is 7.61. The van der Waals surface area contributed by atoms with Crippen LogP contribution in [-0.2, 0) is 4.79 Å². The summed E-state index contributed by atoms with van der Waals surface area (Å²) in [6, 6.07) is 11.5. The van der Waals surface area contributed by atoms with Gasteiger partial charge in [0, 0.05) is 31.4 Å². The third-order valence-electron chi connectivity index (χ3n) is 5.42. The highest BCUT2D eigenvalue weighted by Gasteiger charge is 2.28. The Kier molecular flexibility index (Phi) is 6.35. The van der Waals surface area contributed by atoms with Gasteiger partial charge in [-0.3, -0.25) is 9.78 Å². The standard InChI is InChI=1S/C23H25FN6O/c1-16(27-19-7-3-2-6-18(19)24)23(31)30-12-9-17(10-13-30)20-14-25-15-22(28-20)29-21-8-4-5-11-26-21/h2-8,11,14-17,27H,9-10,12-13H2,1H3,(H,26,28,29)/t16-/m1/s1. The number of anilines is 3. The number of hydrogen-bond donors (Lipinski definition) is 2.